The smallest absolute Gasteiger partial charge is 0.465 e. The molecule has 0 bridgehead atoms. The maximum absolute atomic E-state index is 12.3. The van der Waals surface area contributed by atoms with Crippen LogP contribution in [0.1, 0.15) is 27.7 Å². The van der Waals surface area contributed by atoms with Gasteiger partial charge in [-0.2, -0.15) is 0 Å². The highest BCUT2D eigenvalue weighted by Gasteiger charge is 2.39. The second kappa shape index (κ2) is 10.6. The summed E-state index contributed by atoms with van der Waals surface area (Å²) in [6, 6.07) is -1.47. The van der Waals surface area contributed by atoms with Gasteiger partial charge in [-0.15, -0.1) is 0 Å². The zero-order valence-corrected chi connectivity index (χ0v) is 13.9. The number of carbonyl (C=O) groups is 2. The fraction of sp³-hybridized carbons (Fsp3) is 0.833. The summed E-state index contributed by atoms with van der Waals surface area (Å²) in [4.78, 5) is 23.3. The van der Waals surface area contributed by atoms with Crippen molar-refractivity contribution in [2.45, 2.75) is 39.8 Å². The highest BCUT2D eigenvalue weighted by molar-refractivity contribution is 7.39. The van der Waals surface area contributed by atoms with Crippen molar-refractivity contribution in [3.8, 4) is 0 Å². The van der Waals surface area contributed by atoms with Crippen molar-refractivity contribution in [1.82, 2.24) is 9.76 Å². The molecule has 0 radical (unpaired) electrons. The standard InChI is InChI=1S/C12H25N3O5P/c1-5-19-11(16)9(3)14-21(18)15(8-7-13)10(4)12(17)20-6-2/h9-10H,5-8,13H2,1-4H3,(H,14,18)/q+1/t9-,10?/m0/s1. The molecule has 0 spiro atoms. The van der Waals surface area contributed by atoms with Crippen LogP contribution in [-0.4, -0.2) is 55.0 Å². The number of hydrogen-bond donors (Lipinski definition) is 2. The Labute approximate surface area is 126 Å². The molecule has 3 atom stereocenters. The Hall–Kier alpha value is -1.08. The summed E-state index contributed by atoms with van der Waals surface area (Å²) < 4.78 is 23.4. The molecule has 0 aromatic rings. The number of rotatable bonds is 10. The number of esters is 2. The van der Waals surface area contributed by atoms with Crippen molar-refractivity contribution >= 4 is 20.0 Å². The van der Waals surface area contributed by atoms with Gasteiger partial charge in [-0.1, -0.05) is 9.76 Å². The Bertz CT molecular complexity index is 367. The average Bonchev–Trinajstić information content (AvgIpc) is 2.44. The molecule has 0 aromatic heterocycles. The fourth-order valence-corrected chi connectivity index (χ4v) is 2.81. The van der Waals surface area contributed by atoms with Crippen LogP contribution in [0.25, 0.3) is 0 Å². The van der Waals surface area contributed by atoms with E-state index in [0.717, 1.165) is 0 Å². The summed E-state index contributed by atoms with van der Waals surface area (Å²) in [5.41, 5.74) is 5.48. The first-order chi connectivity index (χ1) is 9.88. The third-order valence-corrected chi connectivity index (χ3v) is 4.23. The molecule has 0 aliphatic heterocycles. The van der Waals surface area contributed by atoms with Gasteiger partial charge >= 0.3 is 20.0 Å². The van der Waals surface area contributed by atoms with Crippen molar-refractivity contribution in [3.63, 3.8) is 0 Å². The minimum atomic E-state index is -2.16. The molecular weight excluding hydrogens is 297 g/mol. The number of nitrogens with one attached hydrogen (secondary N) is 1. The number of hydrogen-bond acceptors (Lipinski definition) is 6. The van der Waals surface area contributed by atoms with E-state index in [1.165, 1.54) is 4.67 Å². The van der Waals surface area contributed by atoms with Crippen LogP contribution in [0.15, 0.2) is 0 Å². The van der Waals surface area contributed by atoms with E-state index in [1.807, 2.05) is 0 Å². The van der Waals surface area contributed by atoms with Gasteiger partial charge in [-0.05, 0) is 32.3 Å². The molecule has 9 heteroatoms. The monoisotopic (exact) mass is 322 g/mol. The molecule has 122 valence electrons. The third-order valence-electron chi connectivity index (χ3n) is 2.61. The SMILES string of the molecule is CCOC(=O)C(C)N(CCN)[P+](=O)N[C@@H](C)C(=O)OCC. The number of nitrogens with two attached hydrogens (primary N) is 1. The van der Waals surface area contributed by atoms with Crippen LogP contribution in [0.2, 0.25) is 0 Å². The van der Waals surface area contributed by atoms with Gasteiger partial charge in [-0.25, -0.2) is 0 Å². The average molecular weight is 322 g/mol. The molecule has 8 nitrogen and oxygen atoms in total. The van der Waals surface area contributed by atoms with Crippen molar-refractivity contribution in [2.24, 2.45) is 5.73 Å². The normalized spacial score (nSPS) is 14.5. The van der Waals surface area contributed by atoms with Gasteiger partial charge in [0.05, 0.1) is 19.8 Å². The van der Waals surface area contributed by atoms with Crippen molar-refractivity contribution in [2.75, 3.05) is 26.3 Å². The molecule has 0 heterocycles. The summed E-state index contributed by atoms with van der Waals surface area (Å²) in [6.07, 6.45) is 0. The van der Waals surface area contributed by atoms with E-state index in [0.29, 0.717) is 0 Å². The highest BCUT2D eigenvalue weighted by Crippen LogP contribution is 2.26. The Morgan fingerprint density at radius 2 is 1.71 bits per heavy atom. The van der Waals surface area contributed by atoms with Crippen LogP contribution >= 0.6 is 8.10 Å². The van der Waals surface area contributed by atoms with Gasteiger partial charge in [0.15, 0.2) is 6.04 Å². The molecule has 0 fully saturated rings. The number of ether oxygens (including phenoxy) is 2. The maximum Gasteiger partial charge on any atom is 0.536 e. The van der Waals surface area contributed by atoms with Gasteiger partial charge in [-0.3, -0.25) is 9.59 Å². The summed E-state index contributed by atoms with van der Waals surface area (Å²) in [6.45, 7) is 7.44. The lowest BCUT2D eigenvalue weighted by atomic mass is 10.3. The van der Waals surface area contributed by atoms with E-state index in [4.69, 9.17) is 15.2 Å². The number of nitrogens with zero attached hydrogens (tertiary/aromatic N) is 1. The Morgan fingerprint density at radius 3 is 2.19 bits per heavy atom. The molecule has 0 aliphatic carbocycles. The lowest BCUT2D eigenvalue weighted by molar-refractivity contribution is -0.147. The van der Waals surface area contributed by atoms with Crippen LogP contribution in [0.3, 0.4) is 0 Å². The maximum atomic E-state index is 12.3. The summed E-state index contributed by atoms with van der Waals surface area (Å²) in [5, 5.41) is 2.62. The molecule has 2 unspecified atom stereocenters. The molecule has 0 aromatic carbocycles. The largest absolute Gasteiger partial charge is 0.536 e. The topological polar surface area (TPSA) is 111 Å². The highest BCUT2D eigenvalue weighted by atomic mass is 31.1. The van der Waals surface area contributed by atoms with Gasteiger partial charge in [0, 0.05) is 6.54 Å². The van der Waals surface area contributed by atoms with Crippen molar-refractivity contribution in [1.29, 1.82) is 0 Å². The third kappa shape index (κ3) is 6.95. The van der Waals surface area contributed by atoms with E-state index in [-0.39, 0.29) is 26.3 Å². The fourth-order valence-electron chi connectivity index (χ4n) is 1.52. The molecule has 0 amide bonds. The van der Waals surface area contributed by atoms with Gasteiger partial charge in [0.25, 0.3) is 0 Å². The Balaban J connectivity index is 4.75. The molecular formula is C12H25N3O5P+. The van der Waals surface area contributed by atoms with Crippen LogP contribution in [0.4, 0.5) is 0 Å². The Kier molecular flexibility index (Phi) is 10.1. The summed E-state index contributed by atoms with van der Waals surface area (Å²) in [5.74, 6) is -0.989. The first-order valence-corrected chi connectivity index (χ1v) is 8.13. The van der Waals surface area contributed by atoms with E-state index < -0.39 is 32.1 Å². The van der Waals surface area contributed by atoms with Gasteiger partial charge < -0.3 is 15.2 Å². The van der Waals surface area contributed by atoms with Crippen LogP contribution in [0, 0.1) is 0 Å². The molecule has 0 saturated heterocycles. The second-order valence-electron chi connectivity index (χ2n) is 4.26. The van der Waals surface area contributed by atoms with E-state index in [1.54, 1.807) is 27.7 Å². The molecule has 0 aliphatic rings. The molecule has 0 saturated carbocycles. The zero-order valence-electron chi connectivity index (χ0n) is 13.0. The van der Waals surface area contributed by atoms with Crippen molar-refractivity contribution < 1.29 is 23.6 Å². The quantitative estimate of drug-likeness (QED) is 0.439. The van der Waals surface area contributed by atoms with Gasteiger partial charge in [0.2, 0.25) is 0 Å². The van der Waals surface area contributed by atoms with E-state index in [2.05, 4.69) is 5.09 Å². The minimum absolute atomic E-state index is 0.223. The molecule has 0 rings (SSSR count). The van der Waals surface area contributed by atoms with Crippen molar-refractivity contribution in [3.05, 3.63) is 0 Å². The first-order valence-electron chi connectivity index (χ1n) is 6.92. The lowest BCUT2D eigenvalue weighted by Gasteiger charge is -2.17. The predicted octanol–water partition coefficient (Wildman–Crippen LogP) is 0.397. The van der Waals surface area contributed by atoms with Crippen LogP contribution < -0.4 is 10.8 Å². The summed E-state index contributed by atoms with van der Waals surface area (Å²) in [7, 11) is -2.16. The first kappa shape index (κ1) is 19.9. The zero-order chi connectivity index (χ0) is 16.4. The van der Waals surface area contributed by atoms with E-state index >= 15 is 0 Å². The summed E-state index contributed by atoms with van der Waals surface area (Å²) >= 11 is 0. The number of carbonyl (C=O) groups excluding carboxylic acids is 2. The van der Waals surface area contributed by atoms with Crippen LogP contribution in [0.5, 0.6) is 0 Å². The second-order valence-corrected chi connectivity index (χ2v) is 5.57. The molecule has 3 N–H and O–H groups in total. The van der Waals surface area contributed by atoms with E-state index in [9.17, 15) is 14.2 Å². The molecule has 21 heavy (non-hydrogen) atoms. The minimum Gasteiger partial charge on any atom is -0.465 e. The Morgan fingerprint density at radius 1 is 1.19 bits per heavy atom. The lowest BCUT2D eigenvalue weighted by Crippen LogP contribution is -2.42. The predicted molar refractivity (Wildman–Crippen MR) is 78.7 cm³/mol. The van der Waals surface area contributed by atoms with Gasteiger partial charge in [0.1, 0.15) is 6.04 Å². The van der Waals surface area contributed by atoms with Crippen LogP contribution in [-0.2, 0) is 23.6 Å².